The first-order valence-corrected chi connectivity index (χ1v) is 15.2. The van der Waals surface area contributed by atoms with E-state index in [1.54, 1.807) is 31.4 Å². The van der Waals surface area contributed by atoms with Crippen LogP contribution in [0.1, 0.15) is 43.6 Å². The fourth-order valence-electron chi connectivity index (χ4n) is 5.26. The quantitative estimate of drug-likeness (QED) is 0.351. The van der Waals surface area contributed by atoms with Gasteiger partial charge in [0.15, 0.2) is 5.13 Å². The summed E-state index contributed by atoms with van der Waals surface area (Å²) in [6, 6.07) is 8.94. The molecule has 0 spiro atoms. The van der Waals surface area contributed by atoms with Gasteiger partial charge >= 0.3 is 5.97 Å². The molecule has 2 atom stereocenters. The average Bonchev–Trinajstić information content (AvgIpc) is 3.60. The number of piperazine rings is 1. The first-order valence-electron chi connectivity index (χ1n) is 12.9. The Hall–Kier alpha value is -3.13. The molecule has 3 aromatic rings. The Morgan fingerprint density at radius 1 is 1.18 bits per heavy atom. The van der Waals surface area contributed by atoms with Crippen LogP contribution < -0.4 is 15.4 Å². The first-order chi connectivity index (χ1) is 18.7. The van der Waals surface area contributed by atoms with Crippen LogP contribution in [0.15, 0.2) is 41.3 Å². The zero-order valence-corrected chi connectivity index (χ0v) is 23.1. The van der Waals surface area contributed by atoms with Gasteiger partial charge < -0.3 is 20.5 Å². The number of carbonyl (C=O) groups is 2. The van der Waals surface area contributed by atoms with Crippen molar-refractivity contribution < 1.29 is 27.9 Å². The van der Waals surface area contributed by atoms with Gasteiger partial charge in [0.1, 0.15) is 16.4 Å². The van der Waals surface area contributed by atoms with Crippen LogP contribution in [0.3, 0.4) is 0 Å². The molecule has 13 heteroatoms. The number of thiazole rings is 1. The molecule has 0 radical (unpaired) electrons. The number of carboxylic acids is 1. The summed E-state index contributed by atoms with van der Waals surface area (Å²) in [5, 5.41) is 15.5. The van der Waals surface area contributed by atoms with Crippen LogP contribution in [0.5, 0.6) is 5.88 Å². The number of amides is 1. The number of hydrogen-bond acceptors (Lipinski definition) is 9. The van der Waals surface area contributed by atoms with Crippen LogP contribution in [-0.2, 0) is 19.6 Å². The maximum absolute atomic E-state index is 13.6. The molecule has 1 saturated heterocycles. The molecule has 1 aromatic carbocycles. The Labute approximate surface area is 230 Å². The Kier molecular flexibility index (Phi) is 8.12. The van der Waals surface area contributed by atoms with Gasteiger partial charge in [0.05, 0.1) is 17.9 Å². The van der Waals surface area contributed by atoms with Crippen molar-refractivity contribution in [2.45, 2.75) is 49.0 Å². The standard InChI is InChI=1S/C26H31N5O6S2/c1-37-22-11-10-20-24(29-22)38-26(28-20)30-23(32)19(14-16-4-2-3-5-16)17-6-8-18(9-7-17)39(35,36)31-13-12-27-21(15-31)25(33)34/h6-11,16,19,21,27H,2-5,12-15H2,1H3,(H,33,34)(H,28,30,32). The molecule has 2 unspecified atom stereocenters. The van der Waals surface area contributed by atoms with Crippen molar-refractivity contribution in [1.82, 2.24) is 19.6 Å². The topological polar surface area (TPSA) is 151 Å². The van der Waals surface area contributed by atoms with E-state index in [1.165, 1.54) is 27.8 Å². The van der Waals surface area contributed by atoms with Gasteiger partial charge in [-0.05, 0) is 36.1 Å². The molecule has 1 aliphatic heterocycles. The van der Waals surface area contributed by atoms with Crippen LogP contribution >= 0.6 is 11.3 Å². The minimum atomic E-state index is -3.88. The van der Waals surface area contributed by atoms with E-state index in [4.69, 9.17) is 4.74 Å². The lowest BCUT2D eigenvalue weighted by atomic mass is 9.87. The minimum Gasteiger partial charge on any atom is -0.481 e. The highest BCUT2D eigenvalue weighted by atomic mass is 32.2. The van der Waals surface area contributed by atoms with Crippen molar-refractivity contribution in [2.24, 2.45) is 5.92 Å². The molecular weight excluding hydrogens is 542 g/mol. The molecule has 39 heavy (non-hydrogen) atoms. The second-order valence-electron chi connectivity index (χ2n) is 9.90. The van der Waals surface area contributed by atoms with Crippen LogP contribution in [0, 0.1) is 5.92 Å². The maximum atomic E-state index is 13.6. The summed E-state index contributed by atoms with van der Waals surface area (Å²) < 4.78 is 32.8. The second kappa shape index (κ2) is 11.5. The number of rotatable bonds is 9. The summed E-state index contributed by atoms with van der Waals surface area (Å²) in [5.41, 5.74) is 1.39. The van der Waals surface area contributed by atoms with Gasteiger partial charge in [-0.15, -0.1) is 0 Å². The maximum Gasteiger partial charge on any atom is 0.322 e. The Bertz CT molecular complexity index is 1450. The van der Waals surface area contributed by atoms with Gasteiger partial charge in [-0.3, -0.25) is 9.59 Å². The molecule has 2 aliphatic rings. The minimum absolute atomic E-state index is 0.0727. The molecule has 1 amide bonds. The summed E-state index contributed by atoms with van der Waals surface area (Å²) in [6.45, 7) is 0.296. The van der Waals surface area contributed by atoms with E-state index in [9.17, 15) is 23.1 Å². The number of carbonyl (C=O) groups excluding carboxylic acids is 1. The van der Waals surface area contributed by atoms with Gasteiger partial charge in [-0.1, -0.05) is 49.2 Å². The van der Waals surface area contributed by atoms with E-state index in [0.717, 1.165) is 31.2 Å². The number of nitrogens with one attached hydrogen (secondary N) is 2. The predicted octanol–water partition coefficient (Wildman–Crippen LogP) is 3.05. The van der Waals surface area contributed by atoms with E-state index >= 15 is 0 Å². The number of methoxy groups -OCH3 is 1. The fourth-order valence-corrected chi connectivity index (χ4v) is 7.55. The number of anilines is 1. The Balaban J connectivity index is 1.36. The van der Waals surface area contributed by atoms with Crippen LogP contribution in [0.2, 0.25) is 0 Å². The Morgan fingerprint density at radius 2 is 1.92 bits per heavy atom. The SMILES string of the molecule is COc1ccc2nc(NC(=O)C(CC3CCCC3)c3ccc(S(=O)(=O)N4CCNC(C(=O)O)C4)cc3)sc2n1. The molecule has 1 aliphatic carbocycles. The second-order valence-corrected chi connectivity index (χ2v) is 12.8. The average molecular weight is 574 g/mol. The highest BCUT2D eigenvalue weighted by Crippen LogP contribution is 2.36. The lowest BCUT2D eigenvalue weighted by Crippen LogP contribution is -2.55. The van der Waals surface area contributed by atoms with Gasteiger partial charge in [0.2, 0.25) is 21.8 Å². The van der Waals surface area contributed by atoms with Crippen molar-refractivity contribution in [3.05, 3.63) is 42.0 Å². The number of nitrogens with zero attached hydrogens (tertiary/aromatic N) is 3. The lowest BCUT2D eigenvalue weighted by molar-refractivity contribution is -0.140. The summed E-state index contributed by atoms with van der Waals surface area (Å²) in [7, 11) is -2.34. The molecule has 3 heterocycles. The number of sulfonamides is 1. The molecule has 11 nitrogen and oxygen atoms in total. The summed E-state index contributed by atoms with van der Waals surface area (Å²) in [6.07, 6.45) is 5.07. The number of hydrogen-bond donors (Lipinski definition) is 3. The molecule has 1 saturated carbocycles. The van der Waals surface area contributed by atoms with Crippen LogP contribution in [0.4, 0.5) is 5.13 Å². The van der Waals surface area contributed by atoms with Crippen LogP contribution in [-0.4, -0.2) is 72.5 Å². The number of pyridine rings is 1. The molecule has 208 valence electrons. The van der Waals surface area contributed by atoms with E-state index in [2.05, 4.69) is 20.6 Å². The highest BCUT2D eigenvalue weighted by Gasteiger charge is 2.33. The van der Waals surface area contributed by atoms with E-state index in [1.807, 2.05) is 0 Å². The summed E-state index contributed by atoms with van der Waals surface area (Å²) >= 11 is 1.27. The van der Waals surface area contributed by atoms with Gasteiger partial charge in [0, 0.05) is 25.7 Å². The summed E-state index contributed by atoms with van der Waals surface area (Å²) in [5.74, 6) is -0.879. The number of carboxylic acid groups (broad SMARTS) is 1. The molecule has 0 bridgehead atoms. The number of ether oxygens (including phenoxy) is 1. The van der Waals surface area contributed by atoms with E-state index in [-0.39, 0.29) is 30.4 Å². The highest BCUT2D eigenvalue weighted by molar-refractivity contribution is 7.89. The normalized spacial score (nSPS) is 19.7. The van der Waals surface area contributed by atoms with Crippen molar-refractivity contribution in [3.63, 3.8) is 0 Å². The van der Waals surface area contributed by atoms with Crippen molar-refractivity contribution in [3.8, 4) is 5.88 Å². The van der Waals surface area contributed by atoms with Gasteiger partial charge in [-0.25, -0.2) is 18.4 Å². The van der Waals surface area contributed by atoms with E-state index < -0.39 is 28.0 Å². The van der Waals surface area contributed by atoms with Gasteiger partial charge in [0.25, 0.3) is 0 Å². The van der Waals surface area contributed by atoms with Crippen molar-refractivity contribution in [1.29, 1.82) is 0 Å². The largest absolute Gasteiger partial charge is 0.481 e. The zero-order valence-electron chi connectivity index (χ0n) is 21.5. The third kappa shape index (κ3) is 6.06. The third-order valence-corrected chi connectivity index (χ3v) is 10.1. The van der Waals surface area contributed by atoms with Gasteiger partial charge in [-0.2, -0.15) is 4.31 Å². The molecule has 2 fully saturated rings. The number of fused-ring (bicyclic) bond motifs is 1. The van der Waals surface area contributed by atoms with E-state index in [0.29, 0.717) is 33.7 Å². The Morgan fingerprint density at radius 3 is 2.62 bits per heavy atom. The van der Waals surface area contributed by atoms with Crippen molar-refractivity contribution >= 4 is 48.7 Å². The molecule has 5 rings (SSSR count). The molecule has 2 aromatic heterocycles. The predicted molar refractivity (Wildman–Crippen MR) is 147 cm³/mol. The number of benzene rings is 1. The monoisotopic (exact) mass is 573 g/mol. The number of aliphatic carboxylic acids is 1. The molecular formula is C26H31N5O6S2. The number of aromatic nitrogens is 2. The smallest absolute Gasteiger partial charge is 0.322 e. The lowest BCUT2D eigenvalue weighted by Gasteiger charge is -2.30. The summed E-state index contributed by atoms with van der Waals surface area (Å²) in [4.78, 5) is 34.5. The third-order valence-electron chi connectivity index (χ3n) is 7.39. The van der Waals surface area contributed by atoms with Crippen molar-refractivity contribution in [2.75, 3.05) is 32.1 Å². The zero-order chi connectivity index (χ0) is 27.6. The molecule has 3 N–H and O–H groups in total. The first kappa shape index (κ1) is 27.4. The fraction of sp³-hybridized carbons (Fsp3) is 0.462. The van der Waals surface area contributed by atoms with Crippen LogP contribution in [0.25, 0.3) is 10.3 Å².